The molecule has 1 N–H and O–H groups in total. The van der Waals surface area contributed by atoms with Gasteiger partial charge >= 0.3 is 6.18 Å². The first kappa shape index (κ1) is 21.1. The molecule has 4 fully saturated rings. The molecule has 0 aromatic heterocycles. The zero-order valence-corrected chi connectivity index (χ0v) is 18.0. The fraction of sp³-hybridized carbons (Fsp3) is 0.652. The monoisotopic (exact) mass is 454 g/mol. The number of hydrogen-bond acceptors (Lipinski definition) is 2. The third kappa shape index (κ3) is 3.73. The van der Waals surface area contributed by atoms with Gasteiger partial charge in [-0.1, -0.05) is 17.7 Å². The van der Waals surface area contributed by atoms with E-state index in [1.54, 1.807) is 6.07 Å². The maximum absolute atomic E-state index is 12.9. The highest BCUT2D eigenvalue weighted by Gasteiger charge is 2.53. The minimum Gasteiger partial charge on any atom is -0.351 e. The van der Waals surface area contributed by atoms with Crippen LogP contribution in [0.1, 0.15) is 68.4 Å². The summed E-state index contributed by atoms with van der Waals surface area (Å²) in [5.74, 6) is 0.571. The van der Waals surface area contributed by atoms with Crippen molar-refractivity contribution in [2.75, 3.05) is 13.1 Å². The Morgan fingerprint density at radius 3 is 2.32 bits per heavy atom. The van der Waals surface area contributed by atoms with Crippen LogP contribution in [0, 0.1) is 11.3 Å². The number of benzene rings is 1. The summed E-state index contributed by atoms with van der Waals surface area (Å²) in [6.07, 6.45) is 2.26. The number of nitrogens with one attached hydrogen (secondary N) is 1. The third-order valence-electron chi connectivity index (χ3n) is 8.12. The van der Waals surface area contributed by atoms with Crippen molar-refractivity contribution in [3.63, 3.8) is 0 Å². The van der Waals surface area contributed by atoms with Gasteiger partial charge in [-0.15, -0.1) is 0 Å². The highest BCUT2D eigenvalue weighted by molar-refractivity contribution is 6.31. The van der Waals surface area contributed by atoms with Gasteiger partial charge in [0, 0.05) is 31.0 Å². The zero-order chi connectivity index (χ0) is 22.0. The zero-order valence-electron chi connectivity index (χ0n) is 17.2. The standard InChI is InChI=1S/C23H26ClF3N2O2/c24-18-9-14(1-2-17(18)23(25,26)27)15-10-21(11-15)5-7-29(8-6-21)20(31)16-12-22(13-16)4-3-19(30)28-22/h1-2,9,15-16H,3-8,10-13H2,(H,28,30). The van der Waals surface area contributed by atoms with Crippen LogP contribution >= 0.6 is 11.6 Å². The summed E-state index contributed by atoms with van der Waals surface area (Å²) in [6, 6.07) is 4.11. The van der Waals surface area contributed by atoms with E-state index in [1.807, 2.05) is 4.90 Å². The van der Waals surface area contributed by atoms with Crippen LogP contribution in [-0.4, -0.2) is 35.3 Å². The first-order valence-electron chi connectivity index (χ1n) is 11.0. The minimum atomic E-state index is -4.43. The van der Waals surface area contributed by atoms with Gasteiger partial charge in [0.1, 0.15) is 0 Å². The molecule has 1 aromatic carbocycles. The Balaban J connectivity index is 1.12. The summed E-state index contributed by atoms with van der Waals surface area (Å²) in [7, 11) is 0. The highest BCUT2D eigenvalue weighted by Crippen LogP contribution is 2.57. The molecule has 4 nitrogen and oxygen atoms in total. The first-order valence-corrected chi connectivity index (χ1v) is 11.4. The summed E-state index contributed by atoms with van der Waals surface area (Å²) < 4.78 is 38.8. The predicted molar refractivity (Wildman–Crippen MR) is 110 cm³/mol. The number of amides is 2. The Morgan fingerprint density at radius 1 is 1.10 bits per heavy atom. The van der Waals surface area contributed by atoms with E-state index in [2.05, 4.69) is 5.32 Å². The largest absolute Gasteiger partial charge is 0.417 e. The van der Waals surface area contributed by atoms with Crippen LogP contribution in [0.4, 0.5) is 13.2 Å². The van der Waals surface area contributed by atoms with Crippen LogP contribution in [0.15, 0.2) is 18.2 Å². The summed E-state index contributed by atoms with van der Waals surface area (Å²) in [6.45, 7) is 1.49. The second-order valence-electron chi connectivity index (χ2n) is 10.1. The molecule has 2 saturated carbocycles. The molecule has 168 valence electrons. The Hall–Kier alpha value is -1.76. The van der Waals surface area contributed by atoms with Crippen LogP contribution in [-0.2, 0) is 15.8 Å². The van der Waals surface area contributed by atoms with E-state index in [-0.39, 0.29) is 39.6 Å². The van der Waals surface area contributed by atoms with Crippen LogP contribution < -0.4 is 5.32 Å². The van der Waals surface area contributed by atoms with Gasteiger partial charge in [-0.2, -0.15) is 13.2 Å². The maximum atomic E-state index is 12.9. The molecule has 2 amide bonds. The SMILES string of the molecule is O=C1CCC2(CC(C(=O)N3CCC4(CC3)CC(c3ccc(C(F)(F)F)c(Cl)c3)C4)C2)N1. The lowest BCUT2D eigenvalue weighted by Gasteiger charge is -2.53. The molecule has 2 spiro atoms. The second-order valence-corrected chi connectivity index (χ2v) is 10.5. The van der Waals surface area contributed by atoms with E-state index in [9.17, 15) is 22.8 Å². The first-order chi connectivity index (χ1) is 14.6. The average Bonchev–Trinajstić information content (AvgIpc) is 3.05. The van der Waals surface area contributed by atoms with Crippen molar-refractivity contribution >= 4 is 23.4 Å². The molecule has 0 unspecified atom stereocenters. The van der Waals surface area contributed by atoms with Gasteiger partial charge in [0.2, 0.25) is 11.8 Å². The number of carbonyl (C=O) groups is 2. The molecule has 4 aliphatic rings. The molecular weight excluding hydrogens is 429 g/mol. The van der Waals surface area contributed by atoms with Crippen molar-refractivity contribution in [2.45, 2.75) is 69.0 Å². The molecule has 31 heavy (non-hydrogen) atoms. The lowest BCUT2D eigenvalue weighted by atomic mass is 9.56. The van der Waals surface area contributed by atoms with E-state index in [0.29, 0.717) is 6.42 Å². The predicted octanol–water partition coefficient (Wildman–Crippen LogP) is 4.90. The van der Waals surface area contributed by atoms with Crippen molar-refractivity contribution in [3.8, 4) is 0 Å². The van der Waals surface area contributed by atoms with Crippen molar-refractivity contribution in [1.82, 2.24) is 10.2 Å². The number of hydrogen-bond donors (Lipinski definition) is 1. The molecule has 0 atom stereocenters. The van der Waals surface area contributed by atoms with E-state index < -0.39 is 11.7 Å². The van der Waals surface area contributed by atoms with Gasteiger partial charge in [-0.25, -0.2) is 0 Å². The Kier molecular flexibility index (Phi) is 4.85. The number of halogens is 4. The van der Waals surface area contributed by atoms with Crippen LogP contribution in [0.25, 0.3) is 0 Å². The van der Waals surface area contributed by atoms with Crippen molar-refractivity contribution < 1.29 is 22.8 Å². The second kappa shape index (κ2) is 7.12. The van der Waals surface area contributed by atoms with Crippen LogP contribution in [0.3, 0.4) is 0 Å². The van der Waals surface area contributed by atoms with E-state index in [1.165, 1.54) is 6.07 Å². The molecule has 2 aliphatic carbocycles. The molecule has 0 bridgehead atoms. The molecule has 8 heteroatoms. The van der Waals surface area contributed by atoms with Crippen molar-refractivity contribution in [2.24, 2.45) is 11.3 Å². The van der Waals surface area contributed by atoms with Crippen molar-refractivity contribution in [1.29, 1.82) is 0 Å². The fourth-order valence-electron chi connectivity index (χ4n) is 6.24. The number of carbonyl (C=O) groups excluding carboxylic acids is 2. The Morgan fingerprint density at radius 2 is 1.77 bits per heavy atom. The number of likely N-dealkylation sites (tertiary alicyclic amines) is 1. The van der Waals surface area contributed by atoms with E-state index in [0.717, 1.165) is 69.7 Å². The number of piperidine rings is 1. The van der Waals surface area contributed by atoms with Crippen molar-refractivity contribution in [3.05, 3.63) is 34.3 Å². The average molecular weight is 455 g/mol. The highest BCUT2D eigenvalue weighted by atomic mass is 35.5. The minimum absolute atomic E-state index is 0.0240. The number of rotatable bonds is 2. The molecule has 5 rings (SSSR count). The van der Waals surface area contributed by atoms with Crippen LogP contribution in [0.5, 0.6) is 0 Å². The lowest BCUT2D eigenvalue weighted by molar-refractivity contribution is -0.145. The normalized spacial score (nSPS) is 25.4. The van der Waals surface area contributed by atoms with Gasteiger partial charge in [-0.3, -0.25) is 9.59 Å². The quantitative estimate of drug-likeness (QED) is 0.690. The van der Waals surface area contributed by atoms with E-state index in [4.69, 9.17) is 11.6 Å². The fourth-order valence-corrected chi connectivity index (χ4v) is 6.54. The Labute approximate surface area is 184 Å². The topological polar surface area (TPSA) is 49.4 Å². The summed E-state index contributed by atoms with van der Waals surface area (Å²) >= 11 is 5.88. The molecule has 1 aromatic rings. The van der Waals surface area contributed by atoms with Crippen LogP contribution in [0.2, 0.25) is 5.02 Å². The summed E-state index contributed by atoms with van der Waals surface area (Å²) in [5.41, 5.74) is 0.157. The van der Waals surface area contributed by atoms with Gasteiger partial charge in [0.05, 0.1) is 10.6 Å². The van der Waals surface area contributed by atoms with Gasteiger partial charge in [-0.05, 0) is 74.0 Å². The third-order valence-corrected chi connectivity index (χ3v) is 8.44. The van der Waals surface area contributed by atoms with E-state index >= 15 is 0 Å². The lowest BCUT2D eigenvalue weighted by Crippen LogP contribution is -2.58. The maximum Gasteiger partial charge on any atom is 0.417 e. The smallest absolute Gasteiger partial charge is 0.351 e. The molecule has 0 radical (unpaired) electrons. The number of nitrogens with zero attached hydrogens (tertiary/aromatic N) is 1. The molecular formula is C23H26ClF3N2O2. The molecule has 2 saturated heterocycles. The van der Waals surface area contributed by atoms with Gasteiger partial charge in [0.25, 0.3) is 0 Å². The summed E-state index contributed by atoms with van der Waals surface area (Å²) in [5, 5.41) is 2.81. The Bertz CT molecular complexity index is 910. The van der Waals surface area contributed by atoms with Gasteiger partial charge in [0.15, 0.2) is 0 Å². The molecule has 2 heterocycles. The number of alkyl halides is 3. The summed E-state index contributed by atoms with van der Waals surface area (Å²) in [4.78, 5) is 26.3. The van der Waals surface area contributed by atoms with Gasteiger partial charge < -0.3 is 10.2 Å². The molecule has 2 aliphatic heterocycles.